The Balaban J connectivity index is 2.18. The van der Waals surface area contributed by atoms with E-state index in [1.54, 1.807) is 19.2 Å². The van der Waals surface area contributed by atoms with Crippen LogP contribution in [0, 0.1) is 0 Å². The molecule has 1 aromatic heterocycles. The molecule has 7 heteroatoms. The molecule has 0 radical (unpaired) electrons. The Morgan fingerprint density at radius 1 is 1.32 bits per heavy atom. The molecule has 6 nitrogen and oxygen atoms in total. The lowest BCUT2D eigenvalue weighted by Gasteiger charge is -2.21. The average molecular weight is 306 g/mol. The Morgan fingerprint density at radius 2 is 1.95 bits per heavy atom. The van der Waals surface area contributed by atoms with Crippen LogP contribution in [0.1, 0.15) is 29.1 Å². The van der Waals surface area contributed by atoms with Crippen LogP contribution in [0.3, 0.4) is 0 Å². The number of aryl methyl sites for hydroxylation is 1. The first-order valence-corrected chi connectivity index (χ1v) is 6.82. The molecular weight excluding hydrogens is 291 g/mol. The van der Waals surface area contributed by atoms with E-state index in [-0.39, 0.29) is 5.69 Å². The van der Waals surface area contributed by atoms with Gasteiger partial charge in [-0.15, -0.1) is 0 Å². The van der Waals surface area contributed by atoms with E-state index in [4.69, 9.17) is 14.6 Å². The molecule has 1 N–H and O–H groups in total. The molecule has 1 atom stereocenters. The van der Waals surface area contributed by atoms with Gasteiger partial charge in [-0.2, -0.15) is 5.10 Å². The fraction of sp³-hybridized carbons (Fsp3) is 0.333. The third-order valence-electron chi connectivity index (χ3n) is 3.52. The average Bonchev–Trinajstić information content (AvgIpc) is 2.88. The molecule has 2 aromatic rings. The summed E-state index contributed by atoms with van der Waals surface area (Å²) in [5.41, 5.74) is 1.37. The number of carboxylic acid groups (broad SMARTS) is 1. The van der Waals surface area contributed by atoms with Crippen molar-refractivity contribution in [3.63, 3.8) is 0 Å². The van der Waals surface area contributed by atoms with E-state index in [0.717, 1.165) is 0 Å². The fourth-order valence-corrected chi connectivity index (χ4v) is 2.48. The zero-order chi connectivity index (χ0) is 15.9. The number of hydrogen-bond donors (Lipinski definition) is 1. The minimum absolute atomic E-state index is 0.0927. The highest BCUT2D eigenvalue weighted by molar-refractivity contribution is 5.87. The fourth-order valence-electron chi connectivity index (χ4n) is 2.48. The van der Waals surface area contributed by atoms with Crippen molar-refractivity contribution in [2.24, 2.45) is 7.05 Å². The summed E-state index contributed by atoms with van der Waals surface area (Å²) in [6.07, 6.45) is -1.24. The van der Waals surface area contributed by atoms with Crippen LogP contribution in [-0.2, 0) is 7.05 Å². The van der Waals surface area contributed by atoms with Gasteiger partial charge in [-0.25, -0.2) is 9.18 Å². The van der Waals surface area contributed by atoms with E-state index >= 15 is 0 Å². The van der Waals surface area contributed by atoms with Crippen LogP contribution in [-0.4, -0.2) is 34.1 Å². The number of rotatable bonds is 3. The van der Waals surface area contributed by atoms with Gasteiger partial charge in [-0.3, -0.25) is 4.68 Å². The summed E-state index contributed by atoms with van der Waals surface area (Å²) in [7, 11) is 1.62. The van der Waals surface area contributed by atoms with Crippen LogP contribution in [0.15, 0.2) is 18.2 Å². The molecule has 2 heterocycles. The van der Waals surface area contributed by atoms with E-state index in [9.17, 15) is 9.18 Å². The van der Waals surface area contributed by atoms with Crippen molar-refractivity contribution in [1.82, 2.24) is 9.78 Å². The molecule has 0 fully saturated rings. The number of carbonyl (C=O) groups is 1. The number of nitrogens with zero attached hydrogens (tertiary/aromatic N) is 2. The highest BCUT2D eigenvalue weighted by Crippen LogP contribution is 2.40. The normalized spacial score (nSPS) is 14.7. The van der Waals surface area contributed by atoms with Gasteiger partial charge in [0.1, 0.15) is 19.4 Å². The van der Waals surface area contributed by atoms with Gasteiger partial charge in [-0.1, -0.05) is 0 Å². The molecule has 1 aliphatic rings. The number of carboxylic acids is 1. The number of alkyl halides is 1. The lowest BCUT2D eigenvalue weighted by molar-refractivity contribution is 0.0689. The predicted octanol–water partition coefficient (Wildman–Crippen LogP) is 2.59. The third kappa shape index (κ3) is 2.38. The molecule has 22 heavy (non-hydrogen) atoms. The lowest BCUT2D eigenvalue weighted by atomic mass is 9.99. The molecule has 0 bridgehead atoms. The van der Waals surface area contributed by atoms with Crippen molar-refractivity contribution in [3.8, 4) is 22.8 Å². The first-order valence-electron chi connectivity index (χ1n) is 6.82. The van der Waals surface area contributed by atoms with E-state index in [2.05, 4.69) is 5.10 Å². The van der Waals surface area contributed by atoms with E-state index in [0.29, 0.717) is 41.5 Å². The van der Waals surface area contributed by atoms with E-state index in [1.165, 1.54) is 17.7 Å². The summed E-state index contributed by atoms with van der Waals surface area (Å²) in [4.78, 5) is 11.1. The Morgan fingerprint density at radius 3 is 2.50 bits per heavy atom. The second-order valence-corrected chi connectivity index (χ2v) is 5.04. The Hall–Kier alpha value is -2.57. The number of ether oxygens (including phenoxy) is 2. The minimum Gasteiger partial charge on any atom is -0.486 e. The van der Waals surface area contributed by atoms with Gasteiger partial charge >= 0.3 is 5.97 Å². The lowest BCUT2D eigenvalue weighted by Crippen LogP contribution is -2.16. The first-order chi connectivity index (χ1) is 10.5. The number of aromatic nitrogens is 2. The van der Waals surface area contributed by atoms with Crippen LogP contribution in [0.4, 0.5) is 4.39 Å². The van der Waals surface area contributed by atoms with Gasteiger partial charge in [-0.05, 0) is 30.7 Å². The molecule has 1 aliphatic heterocycles. The predicted molar refractivity (Wildman–Crippen MR) is 76.1 cm³/mol. The van der Waals surface area contributed by atoms with Crippen molar-refractivity contribution in [2.45, 2.75) is 13.1 Å². The summed E-state index contributed by atoms with van der Waals surface area (Å²) in [6.45, 7) is 2.26. The van der Waals surface area contributed by atoms with E-state index in [1.807, 2.05) is 0 Å². The van der Waals surface area contributed by atoms with Crippen molar-refractivity contribution in [2.75, 3.05) is 13.2 Å². The molecule has 3 rings (SSSR count). The molecule has 1 aromatic carbocycles. The highest BCUT2D eigenvalue weighted by atomic mass is 19.1. The second kappa shape index (κ2) is 5.32. The molecule has 1 unspecified atom stereocenters. The van der Waals surface area contributed by atoms with Crippen LogP contribution >= 0.6 is 0 Å². The molecule has 0 spiro atoms. The SMILES string of the molecule is CC(F)c1cc2c(cc1-c1cc(C(=O)O)nn1C)OCCO2. The first kappa shape index (κ1) is 14.4. The topological polar surface area (TPSA) is 73.6 Å². The Labute approximate surface area is 126 Å². The summed E-state index contributed by atoms with van der Waals surface area (Å²) < 4.78 is 26.4. The van der Waals surface area contributed by atoms with Gasteiger partial charge in [0.05, 0.1) is 5.69 Å². The molecule has 116 valence electrons. The summed E-state index contributed by atoms with van der Waals surface area (Å²) in [6, 6.07) is 4.68. The van der Waals surface area contributed by atoms with Crippen LogP contribution in [0.25, 0.3) is 11.3 Å². The van der Waals surface area contributed by atoms with Gasteiger partial charge in [0.2, 0.25) is 0 Å². The third-order valence-corrected chi connectivity index (χ3v) is 3.52. The number of aromatic carboxylic acids is 1. The zero-order valence-electron chi connectivity index (χ0n) is 12.2. The number of fused-ring (bicyclic) bond motifs is 1. The Kier molecular flexibility index (Phi) is 3.48. The van der Waals surface area contributed by atoms with Crippen LogP contribution in [0.5, 0.6) is 11.5 Å². The standard InChI is InChI=1S/C15H15FN2O4/c1-8(16)9-5-13-14(22-4-3-21-13)6-10(9)12-7-11(15(19)20)17-18(12)2/h5-8H,3-4H2,1-2H3,(H,19,20). The van der Waals surface area contributed by atoms with Crippen LogP contribution < -0.4 is 9.47 Å². The second-order valence-electron chi connectivity index (χ2n) is 5.04. The molecule has 0 saturated carbocycles. The maximum Gasteiger partial charge on any atom is 0.356 e. The molecular formula is C15H15FN2O4. The van der Waals surface area contributed by atoms with Gasteiger partial charge < -0.3 is 14.6 Å². The maximum atomic E-state index is 14.0. The number of hydrogen-bond acceptors (Lipinski definition) is 4. The quantitative estimate of drug-likeness (QED) is 0.943. The minimum atomic E-state index is -1.24. The molecule has 0 saturated heterocycles. The highest BCUT2D eigenvalue weighted by Gasteiger charge is 2.22. The summed E-state index contributed by atoms with van der Waals surface area (Å²) in [5.74, 6) is -0.118. The largest absolute Gasteiger partial charge is 0.486 e. The summed E-state index contributed by atoms with van der Waals surface area (Å²) in [5, 5.41) is 13.0. The van der Waals surface area contributed by atoms with Crippen molar-refractivity contribution < 1.29 is 23.8 Å². The van der Waals surface area contributed by atoms with E-state index < -0.39 is 12.1 Å². The monoisotopic (exact) mass is 306 g/mol. The van der Waals surface area contributed by atoms with Crippen molar-refractivity contribution in [1.29, 1.82) is 0 Å². The maximum absolute atomic E-state index is 14.0. The zero-order valence-corrected chi connectivity index (χ0v) is 12.2. The molecule has 0 aliphatic carbocycles. The molecule has 0 amide bonds. The van der Waals surface area contributed by atoms with Crippen molar-refractivity contribution in [3.05, 3.63) is 29.5 Å². The Bertz CT molecular complexity index is 739. The van der Waals surface area contributed by atoms with Gasteiger partial charge in [0, 0.05) is 12.6 Å². The smallest absolute Gasteiger partial charge is 0.356 e. The summed E-state index contributed by atoms with van der Waals surface area (Å²) >= 11 is 0. The van der Waals surface area contributed by atoms with Crippen LogP contribution in [0.2, 0.25) is 0 Å². The van der Waals surface area contributed by atoms with Gasteiger partial charge in [0.15, 0.2) is 17.2 Å². The number of halogens is 1. The number of benzene rings is 1. The van der Waals surface area contributed by atoms with Gasteiger partial charge in [0.25, 0.3) is 0 Å². The van der Waals surface area contributed by atoms with Crippen molar-refractivity contribution >= 4 is 5.97 Å².